The van der Waals surface area contributed by atoms with Crippen LogP contribution in [0.15, 0.2) is 0 Å². The van der Waals surface area contributed by atoms with E-state index < -0.39 is 0 Å². The van der Waals surface area contributed by atoms with Crippen molar-refractivity contribution < 1.29 is 4.74 Å². The average molecular weight is 297 g/mol. The minimum atomic E-state index is 0.176. The first-order chi connectivity index (χ1) is 10.1. The standard InChI is InChI=1S/C17H35N3O/c1-5-19(6-2)15-7-9-20(12-15)17(13-18)8-10-21-16(11-17)14(3)4/h14-16H,5-13,18H2,1-4H3. The molecule has 2 aliphatic heterocycles. The van der Waals surface area contributed by atoms with Crippen LogP contribution in [0.3, 0.4) is 0 Å². The van der Waals surface area contributed by atoms with Crippen LogP contribution in [0.2, 0.25) is 0 Å². The second kappa shape index (κ2) is 7.40. The fraction of sp³-hybridized carbons (Fsp3) is 1.00. The van der Waals surface area contributed by atoms with Crippen LogP contribution in [-0.4, -0.2) is 66.8 Å². The molecular formula is C17H35N3O. The van der Waals surface area contributed by atoms with E-state index >= 15 is 0 Å². The Bertz CT molecular complexity index is 319. The van der Waals surface area contributed by atoms with E-state index in [9.17, 15) is 0 Å². The monoisotopic (exact) mass is 297 g/mol. The molecule has 2 saturated heterocycles. The lowest BCUT2D eigenvalue weighted by Gasteiger charge is -2.47. The van der Waals surface area contributed by atoms with Crippen molar-refractivity contribution in [3.63, 3.8) is 0 Å². The maximum Gasteiger partial charge on any atom is 0.0616 e. The summed E-state index contributed by atoms with van der Waals surface area (Å²) in [7, 11) is 0. The molecule has 2 rings (SSSR count). The average Bonchev–Trinajstić information content (AvgIpc) is 2.99. The van der Waals surface area contributed by atoms with Gasteiger partial charge in [-0.15, -0.1) is 0 Å². The number of rotatable bonds is 6. The molecule has 0 saturated carbocycles. The number of nitrogens with two attached hydrogens (primary N) is 1. The summed E-state index contributed by atoms with van der Waals surface area (Å²) in [6, 6.07) is 0.712. The lowest BCUT2D eigenvalue weighted by Crippen LogP contribution is -2.59. The Morgan fingerprint density at radius 2 is 2.05 bits per heavy atom. The van der Waals surface area contributed by atoms with E-state index in [0.29, 0.717) is 18.1 Å². The van der Waals surface area contributed by atoms with Gasteiger partial charge in [0.2, 0.25) is 0 Å². The third kappa shape index (κ3) is 3.61. The highest BCUT2D eigenvalue weighted by Gasteiger charge is 2.44. The van der Waals surface area contributed by atoms with Gasteiger partial charge in [-0.25, -0.2) is 0 Å². The van der Waals surface area contributed by atoms with Gasteiger partial charge in [0, 0.05) is 37.8 Å². The van der Waals surface area contributed by atoms with Crippen molar-refractivity contribution in [2.75, 3.05) is 39.3 Å². The van der Waals surface area contributed by atoms with Crippen molar-refractivity contribution in [1.29, 1.82) is 0 Å². The maximum absolute atomic E-state index is 6.26. The van der Waals surface area contributed by atoms with E-state index in [0.717, 1.165) is 39.1 Å². The van der Waals surface area contributed by atoms with E-state index in [-0.39, 0.29) is 5.54 Å². The maximum atomic E-state index is 6.26. The molecule has 3 unspecified atom stereocenters. The fourth-order valence-corrected chi connectivity index (χ4v) is 4.18. The first-order valence-corrected chi connectivity index (χ1v) is 8.87. The molecule has 3 atom stereocenters. The summed E-state index contributed by atoms with van der Waals surface area (Å²) in [5.41, 5.74) is 6.43. The second-order valence-electron chi connectivity index (χ2n) is 7.15. The number of hydrogen-bond acceptors (Lipinski definition) is 4. The number of likely N-dealkylation sites (tertiary alicyclic amines) is 1. The number of likely N-dealkylation sites (N-methyl/N-ethyl adjacent to an activating group) is 1. The molecule has 2 heterocycles. The molecule has 124 valence electrons. The van der Waals surface area contributed by atoms with Gasteiger partial charge in [0.15, 0.2) is 0 Å². The Morgan fingerprint density at radius 3 is 2.62 bits per heavy atom. The highest BCUT2D eigenvalue weighted by molar-refractivity contribution is 5.01. The molecule has 0 amide bonds. The second-order valence-corrected chi connectivity index (χ2v) is 7.15. The first-order valence-electron chi connectivity index (χ1n) is 8.87. The topological polar surface area (TPSA) is 41.7 Å². The number of nitrogens with zero attached hydrogens (tertiary/aromatic N) is 2. The summed E-state index contributed by atoms with van der Waals surface area (Å²) < 4.78 is 5.98. The van der Waals surface area contributed by atoms with Gasteiger partial charge in [-0.1, -0.05) is 27.7 Å². The molecule has 0 aromatic rings. The van der Waals surface area contributed by atoms with Crippen LogP contribution in [0, 0.1) is 5.92 Å². The van der Waals surface area contributed by atoms with Crippen molar-refractivity contribution in [3.05, 3.63) is 0 Å². The largest absolute Gasteiger partial charge is 0.378 e. The van der Waals surface area contributed by atoms with Gasteiger partial charge in [-0.3, -0.25) is 9.80 Å². The van der Waals surface area contributed by atoms with Gasteiger partial charge in [0.1, 0.15) is 0 Å². The van der Waals surface area contributed by atoms with Crippen molar-refractivity contribution in [2.24, 2.45) is 11.7 Å². The quantitative estimate of drug-likeness (QED) is 0.813. The van der Waals surface area contributed by atoms with E-state index in [1.807, 2.05) is 0 Å². The fourth-order valence-electron chi connectivity index (χ4n) is 4.18. The molecule has 2 aliphatic rings. The summed E-state index contributed by atoms with van der Waals surface area (Å²) in [6.07, 6.45) is 3.86. The molecule has 21 heavy (non-hydrogen) atoms. The number of hydrogen-bond donors (Lipinski definition) is 1. The first kappa shape index (κ1) is 17.2. The highest BCUT2D eigenvalue weighted by atomic mass is 16.5. The zero-order chi connectivity index (χ0) is 15.5. The zero-order valence-corrected chi connectivity index (χ0v) is 14.5. The zero-order valence-electron chi connectivity index (χ0n) is 14.5. The molecule has 0 bridgehead atoms. The minimum Gasteiger partial charge on any atom is -0.378 e. The molecule has 2 N–H and O–H groups in total. The van der Waals surface area contributed by atoms with Gasteiger partial charge in [-0.2, -0.15) is 0 Å². The molecular weight excluding hydrogens is 262 g/mol. The highest BCUT2D eigenvalue weighted by Crippen LogP contribution is 2.35. The van der Waals surface area contributed by atoms with Crippen LogP contribution in [0.1, 0.15) is 47.0 Å². The van der Waals surface area contributed by atoms with Crippen LogP contribution in [0.4, 0.5) is 0 Å². The minimum absolute atomic E-state index is 0.176. The third-order valence-electron chi connectivity index (χ3n) is 5.77. The Balaban J connectivity index is 2.04. The van der Waals surface area contributed by atoms with Crippen molar-refractivity contribution in [2.45, 2.75) is 64.6 Å². The van der Waals surface area contributed by atoms with Crippen LogP contribution < -0.4 is 5.73 Å². The molecule has 4 heteroatoms. The third-order valence-corrected chi connectivity index (χ3v) is 5.77. The normalized spacial score (nSPS) is 35.0. The smallest absolute Gasteiger partial charge is 0.0616 e. The lowest BCUT2D eigenvalue weighted by atomic mass is 9.82. The Labute approximate surface area is 131 Å². The van der Waals surface area contributed by atoms with Crippen LogP contribution in [0.25, 0.3) is 0 Å². The van der Waals surface area contributed by atoms with Crippen molar-refractivity contribution >= 4 is 0 Å². The predicted molar refractivity (Wildman–Crippen MR) is 88.5 cm³/mol. The molecule has 4 nitrogen and oxygen atoms in total. The van der Waals surface area contributed by atoms with Gasteiger partial charge in [0.05, 0.1) is 6.10 Å². The summed E-state index contributed by atoms with van der Waals surface area (Å²) in [5, 5.41) is 0. The van der Waals surface area contributed by atoms with E-state index in [2.05, 4.69) is 37.5 Å². The van der Waals surface area contributed by atoms with Crippen LogP contribution in [0.5, 0.6) is 0 Å². The Kier molecular flexibility index (Phi) is 6.06. The summed E-state index contributed by atoms with van der Waals surface area (Å²) in [6.45, 7) is 15.4. The predicted octanol–water partition coefficient (Wildman–Crippen LogP) is 1.94. The molecule has 0 radical (unpaired) electrons. The summed E-state index contributed by atoms with van der Waals surface area (Å²) in [5.74, 6) is 0.581. The van der Waals surface area contributed by atoms with Crippen molar-refractivity contribution in [1.82, 2.24) is 9.80 Å². The Hall–Kier alpha value is -0.160. The molecule has 0 spiro atoms. The van der Waals surface area contributed by atoms with Crippen LogP contribution >= 0.6 is 0 Å². The van der Waals surface area contributed by atoms with Gasteiger partial charge in [0.25, 0.3) is 0 Å². The molecule has 0 aromatic carbocycles. The van der Waals surface area contributed by atoms with E-state index in [1.165, 1.54) is 19.5 Å². The lowest BCUT2D eigenvalue weighted by molar-refractivity contribution is -0.0833. The van der Waals surface area contributed by atoms with Gasteiger partial charge in [-0.05, 0) is 38.3 Å². The molecule has 2 fully saturated rings. The SMILES string of the molecule is CCN(CC)C1CCN(C2(CN)CCOC(C(C)C)C2)C1. The van der Waals surface area contributed by atoms with Gasteiger partial charge >= 0.3 is 0 Å². The summed E-state index contributed by atoms with van der Waals surface area (Å²) in [4.78, 5) is 5.29. The molecule has 0 aromatic heterocycles. The van der Waals surface area contributed by atoms with Crippen molar-refractivity contribution in [3.8, 4) is 0 Å². The Morgan fingerprint density at radius 1 is 1.33 bits per heavy atom. The van der Waals surface area contributed by atoms with E-state index in [1.54, 1.807) is 0 Å². The van der Waals surface area contributed by atoms with E-state index in [4.69, 9.17) is 10.5 Å². The number of ether oxygens (including phenoxy) is 1. The van der Waals surface area contributed by atoms with Crippen LogP contribution in [-0.2, 0) is 4.74 Å². The summed E-state index contributed by atoms with van der Waals surface area (Å²) >= 11 is 0. The molecule has 0 aliphatic carbocycles. The van der Waals surface area contributed by atoms with Gasteiger partial charge < -0.3 is 10.5 Å².